The van der Waals surface area contributed by atoms with Crippen LogP contribution in [0.15, 0.2) is 34.6 Å². The zero-order valence-corrected chi connectivity index (χ0v) is 16.8. The second-order valence-electron chi connectivity index (χ2n) is 5.75. The number of benzene rings is 1. The summed E-state index contributed by atoms with van der Waals surface area (Å²) in [5.41, 5.74) is 7.92. The van der Waals surface area contributed by atoms with E-state index in [1.54, 1.807) is 18.4 Å². The first-order valence-electron chi connectivity index (χ1n) is 7.87. The van der Waals surface area contributed by atoms with Crippen molar-refractivity contribution < 1.29 is 4.74 Å². The van der Waals surface area contributed by atoms with E-state index < -0.39 is 0 Å². The van der Waals surface area contributed by atoms with E-state index in [-0.39, 0.29) is 24.0 Å². The van der Waals surface area contributed by atoms with Crippen LogP contribution < -0.4 is 15.8 Å². The molecular formula is C17H23IN4OS. The molecular weight excluding hydrogens is 435 g/mol. The number of nitrogens with zero attached hydrogens (tertiary/aromatic N) is 2. The normalized spacial score (nSPS) is 14.6. The van der Waals surface area contributed by atoms with Gasteiger partial charge in [0.25, 0.3) is 0 Å². The van der Waals surface area contributed by atoms with Crippen LogP contribution in [-0.2, 0) is 6.54 Å². The van der Waals surface area contributed by atoms with Gasteiger partial charge in [-0.15, -0.1) is 35.3 Å². The lowest BCUT2D eigenvalue weighted by molar-refractivity contribution is 0.315. The summed E-state index contributed by atoms with van der Waals surface area (Å²) in [6.45, 7) is 1.44. The molecule has 130 valence electrons. The molecule has 1 aromatic heterocycles. The van der Waals surface area contributed by atoms with E-state index in [0.29, 0.717) is 12.5 Å². The number of hydrogen-bond donors (Lipinski definition) is 2. The van der Waals surface area contributed by atoms with Crippen molar-refractivity contribution in [1.29, 1.82) is 0 Å². The summed E-state index contributed by atoms with van der Waals surface area (Å²) in [6, 6.07) is 7.91. The minimum atomic E-state index is 0. The molecule has 5 nitrogen and oxygen atoms in total. The Labute approximate surface area is 163 Å². The highest BCUT2D eigenvalue weighted by Gasteiger charge is 2.16. The molecule has 3 rings (SSSR count). The lowest BCUT2D eigenvalue weighted by atomic mass is 9.85. The zero-order chi connectivity index (χ0) is 16.1. The molecule has 24 heavy (non-hydrogen) atoms. The third-order valence-electron chi connectivity index (χ3n) is 4.10. The number of nitrogens with one attached hydrogen (secondary N) is 1. The average Bonchev–Trinajstić information content (AvgIpc) is 3.00. The molecule has 0 saturated heterocycles. The highest BCUT2D eigenvalue weighted by atomic mass is 127. The predicted molar refractivity (Wildman–Crippen MR) is 110 cm³/mol. The van der Waals surface area contributed by atoms with Crippen LogP contribution >= 0.6 is 35.3 Å². The van der Waals surface area contributed by atoms with Gasteiger partial charge in [-0.2, -0.15) is 0 Å². The van der Waals surface area contributed by atoms with E-state index in [1.165, 1.54) is 19.3 Å². The fraction of sp³-hybridized carbons (Fsp3) is 0.412. The maximum absolute atomic E-state index is 5.90. The number of rotatable bonds is 6. The minimum absolute atomic E-state index is 0. The van der Waals surface area contributed by atoms with Crippen molar-refractivity contribution in [2.45, 2.75) is 25.8 Å². The van der Waals surface area contributed by atoms with Gasteiger partial charge in [0.15, 0.2) is 5.96 Å². The third kappa shape index (κ3) is 5.07. The number of hydrogen-bond acceptors (Lipinski definition) is 4. The summed E-state index contributed by atoms with van der Waals surface area (Å²) in [7, 11) is 1.66. The Balaban J connectivity index is 0.00000208. The van der Waals surface area contributed by atoms with Crippen LogP contribution in [0.5, 0.6) is 5.75 Å². The standard InChI is InChI=1S/C17H22N4OS.HI/c1-22-15-7-5-13(6-8-15)16-21-14(11-23-16)10-20-17(18)19-9-12-3-2-4-12;/h5-8,11-12H,2-4,9-10H2,1H3,(H3,18,19,20);1H. The van der Waals surface area contributed by atoms with Gasteiger partial charge in [-0.3, -0.25) is 0 Å². The van der Waals surface area contributed by atoms with Crippen LogP contribution in [-0.4, -0.2) is 24.6 Å². The maximum Gasteiger partial charge on any atom is 0.188 e. The SMILES string of the molecule is COc1ccc(-c2nc(CN=C(N)NCC3CCC3)cs2)cc1.I. The molecule has 1 saturated carbocycles. The Bertz CT molecular complexity index is 667. The smallest absolute Gasteiger partial charge is 0.188 e. The van der Waals surface area contributed by atoms with Crippen LogP contribution in [0.4, 0.5) is 0 Å². The summed E-state index contributed by atoms with van der Waals surface area (Å²) >= 11 is 1.62. The van der Waals surface area contributed by atoms with Crippen molar-refractivity contribution in [2.24, 2.45) is 16.6 Å². The van der Waals surface area contributed by atoms with Gasteiger partial charge in [0.2, 0.25) is 0 Å². The fourth-order valence-corrected chi connectivity index (χ4v) is 3.23. The number of ether oxygens (including phenoxy) is 1. The topological polar surface area (TPSA) is 72.5 Å². The van der Waals surface area contributed by atoms with Gasteiger partial charge in [-0.1, -0.05) is 6.42 Å². The number of nitrogens with two attached hydrogens (primary N) is 1. The molecule has 3 N–H and O–H groups in total. The molecule has 0 spiro atoms. The molecule has 2 aromatic rings. The molecule has 0 amide bonds. The van der Waals surface area contributed by atoms with Crippen molar-refractivity contribution in [2.75, 3.05) is 13.7 Å². The molecule has 0 atom stereocenters. The van der Waals surface area contributed by atoms with E-state index in [9.17, 15) is 0 Å². The summed E-state index contributed by atoms with van der Waals surface area (Å²) < 4.78 is 5.17. The van der Waals surface area contributed by atoms with E-state index in [0.717, 1.165) is 34.5 Å². The second kappa shape index (κ2) is 9.22. The number of guanidine groups is 1. The van der Waals surface area contributed by atoms with Crippen LogP contribution in [0.3, 0.4) is 0 Å². The summed E-state index contributed by atoms with van der Waals surface area (Å²) in [5, 5.41) is 6.21. The quantitative estimate of drug-likeness (QED) is 0.394. The Morgan fingerprint density at radius 2 is 2.12 bits per heavy atom. The van der Waals surface area contributed by atoms with Gasteiger partial charge in [-0.25, -0.2) is 9.98 Å². The van der Waals surface area contributed by atoms with Crippen LogP contribution in [0, 0.1) is 5.92 Å². The molecule has 1 heterocycles. The lowest BCUT2D eigenvalue weighted by Gasteiger charge is -2.25. The average molecular weight is 458 g/mol. The molecule has 7 heteroatoms. The van der Waals surface area contributed by atoms with Crippen molar-refractivity contribution >= 4 is 41.3 Å². The van der Waals surface area contributed by atoms with Crippen molar-refractivity contribution in [3.63, 3.8) is 0 Å². The summed E-state index contributed by atoms with van der Waals surface area (Å²) in [6.07, 6.45) is 3.95. The molecule has 1 aliphatic rings. The molecule has 1 aliphatic carbocycles. The molecule has 0 radical (unpaired) electrons. The van der Waals surface area contributed by atoms with Crippen molar-refractivity contribution in [3.05, 3.63) is 35.3 Å². The number of methoxy groups -OCH3 is 1. The first-order chi connectivity index (χ1) is 11.2. The summed E-state index contributed by atoms with van der Waals surface area (Å²) in [4.78, 5) is 8.98. The highest BCUT2D eigenvalue weighted by Crippen LogP contribution is 2.26. The Morgan fingerprint density at radius 3 is 2.75 bits per heavy atom. The molecule has 0 aliphatic heterocycles. The lowest BCUT2D eigenvalue weighted by Crippen LogP contribution is -2.37. The summed E-state index contributed by atoms with van der Waals surface area (Å²) in [5.74, 6) is 2.13. The monoisotopic (exact) mass is 458 g/mol. The maximum atomic E-state index is 5.90. The number of thiazole rings is 1. The van der Waals surface area contributed by atoms with Gasteiger partial charge >= 0.3 is 0 Å². The Hall–Kier alpha value is -1.35. The fourth-order valence-electron chi connectivity index (χ4n) is 2.41. The van der Waals surface area contributed by atoms with Crippen molar-refractivity contribution in [3.8, 4) is 16.3 Å². The van der Waals surface area contributed by atoms with Gasteiger partial charge < -0.3 is 15.8 Å². The highest BCUT2D eigenvalue weighted by molar-refractivity contribution is 14.0. The number of aliphatic imine (C=N–C) groups is 1. The number of halogens is 1. The van der Waals surface area contributed by atoms with Crippen LogP contribution in [0.1, 0.15) is 25.0 Å². The molecule has 0 bridgehead atoms. The van der Waals surface area contributed by atoms with E-state index in [1.807, 2.05) is 29.6 Å². The van der Waals surface area contributed by atoms with Gasteiger partial charge in [0, 0.05) is 17.5 Å². The molecule has 1 aromatic carbocycles. The van der Waals surface area contributed by atoms with Gasteiger partial charge in [0.05, 0.1) is 19.3 Å². The van der Waals surface area contributed by atoms with Gasteiger partial charge in [0.1, 0.15) is 10.8 Å². The largest absolute Gasteiger partial charge is 0.497 e. The Kier molecular flexibility index (Phi) is 7.29. The zero-order valence-electron chi connectivity index (χ0n) is 13.7. The van der Waals surface area contributed by atoms with E-state index in [4.69, 9.17) is 10.5 Å². The Morgan fingerprint density at radius 1 is 1.38 bits per heavy atom. The second-order valence-corrected chi connectivity index (χ2v) is 6.61. The van der Waals surface area contributed by atoms with E-state index in [2.05, 4.69) is 15.3 Å². The first kappa shape index (κ1) is 19.0. The minimum Gasteiger partial charge on any atom is -0.497 e. The third-order valence-corrected chi connectivity index (χ3v) is 5.04. The van der Waals surface area contributed by atoms with Crippen LogP contribution in [0.25, 0.3) is 10.6 Å². The molecule has 1 fully saturated rings. The predicted octanol–water partition coefficient (Wildman–Crippen LogP) is 3.64. The van der Waals surface area contributed by atoms with Crippen molar-refractivity contribution in [1.82, 2.24) is 10.3 Å². The molecule has 0 unspecified atom stereocenters. The number of aromatic nitrogens is 1. The van der Waals surface area contributed by atoms with Gasteiger partial charge in [-0.05, 0) is 43.0 Å². The van der Waals surface area contributed by atoms with E-state index >= 15 is 0 Å². The van der Waals surface area contributed by atoms with Crippen LogP contribution in [0.2, 0.25) is 0 Å². The first-order valence-corrected chi connectivity index (χ1v) is 8.75.